The van der Waals surface area contributed by atoms with Crippen molar-refractivity contribution < 1.29 is 51.4 Å². The summed E-state index contributed by atoms with van der Waals surface area (Å²) in [7, 11) is 0. The van der Waals surface area contributed by atoms with Crippen molar-refractivity contribution in [1.82, 2.24) is 10.2 Å². The van der Waals surface area contributed by atoms with E-state index in [0.29, 0.717) is 0 Å². The molecule has 9 heavy (non-hydrogen) atoms. The average molecular weight is 143 g/mol. The molecule has 0 N–H and O–H groups in total. The van der Waals surface area contributed by atoms with Gasteiger partial charge >= 0.3 is 51.4 Å². The van der Waals surface area contributed by atoms with E-state index in [9.17, 15) is 0 Å². The van der Waals surface area contributed by atoms with E-state index >= 15 is 0 Å². The molecule has 1 aromatic heterocycles. The second kappa shape index (κ2) is 5.26. The van der Waals surface area contributed by atoms with Crippen LogP contribution in [0.1, 0.15) is 5.56 Å². The second-order valence-electron chi connectivity index (χ2n) is 1.26. The Morgan fingerprint density at radius 3 is 2.67 bits per heavy atom. The van der Waals surface area contributed by atoms with Crippen molar-refractivity contribution in [1.29, 1.82) is 0 Å². The molecule has 0 bridgehead atoms. The standard InChI is InChI=1S/C6H4N2.K/c1-2-6-3-4-7-8-5-6;/h1-2,4-5H;/q-2;+1. The van der Waals surface area contributed by atoms with Crippen LogP contribution in [0, 0.1) is 12.6 Å². The van der Waals surface area contributed by atoms with E-state index in [4.69, 9.17) is 6.58 Å². The van der Waals surface area contributed by atoms with Crippen LogP contribution in [-0.4, -0.2) is 10.2 Å². The summed E-state index contributed by atoms with van der Waals surface area (Å²) in [6.45, 7) is 5.13. The largest absolute Gasteiger partial charge is 1.00 e. The van der Waals surface area contributed by atoms with Crippen LogP contribution in [0.25, 0.3) is 6.08 Å². The van der Waals surface area contributed by atoms with Crippen LogP contribution in [0.5, 0.6) is 0 Å². The summed E-state index contributed by atoms with van der Waals surface area (Å²) in [5.41, 5.74) is 0.764. The fourth-order valence-corrected chi connectivity index (χ4v) is 0.361. The smallest absolute Gasteiger partial charge is 0.361 e. The minimum Gasteiger partial charge on any atom is -0.361 e. The fraction of sp³-hybridized carbons (Fsp3) is 0. The Balaban J connectivity index is 0.000000640. The maximum Gasteiger partial charge on any atom is 1.00 e. The zero-order chi connectivity index (χ0) is 5.82. The van der Waals surface area contributed by atoms with E-state index in [2.05, 4.69) is 16.3 Å². The van der Waals surface area contributed by atoms with Gasteiger partial charge in [0.25, 0.3) is 0 Å². The molecule has 2 nitrogen and oxygen atoms in total. The van der Waals surface area contributed by atoms with Crippen molar-refractivity contribution in [2.75, 3.05) is 0 Å². The van der Waals surface area contributed by atoms with Crippen molar-refractivity contribution in [3.63, 3.8) is 0 Å². The van der Waals surface area contributed by atoms with Crippen LogP contribution in [-0.2, 0) is 0 Å². The first kappa shape index (κ1) is 9.46. The van der Waals surface area contributed by atoms with Crippen LogP contribution < -0.4 is 51.4 Å². The Morgan fingerprint density at radius 1 is 1.56 bits per heavy atom. The van der Waals surface area contributed by atoms with Gasteiger partial charge in [-0.1, -0.05) is 0 Å². The number of aromatic nitrogens is 2. The molecule has 0 saturated heterocycles. The molecule has 1 heterocycles. The van der Waals surface area contributed by atoms with Crippen molar-refractivity contribution in [3.8, 4) is 0 Å². The van der Waals surface area contributed by atoms with Gasteiger partial charge in [-0.05, 0) is 6.20 Å². The van der Waals surface area contributed by atoms with Crippen LogP contribution in [0.15, 0.2) is 12.4 Å². The topological polar surface area (TPSA) is 25.8 Å². The molecule has 0 aromatic carbocycles. The van der Waals surface area contributed by atoms with Gasteiger partial charge < -0.3 is 18.2 Å². The average Bonchev–Trinajstić information content (AvgIpc) is 1.90. The van der Waals surface area contributed by atoms with E-state index < -0.39 is 0 Å². The number of rotatable bonds is 1. The van der Waals surface area contributed by atoms with Crippen LogP contribution in [0.4, 0.5) is 0 Å². The molecule has 0 aliphatic heterocycles. The first-order valence-corrected chi connectivity index (χ1v) is 2.17. The normalized spacial score (nSPS) is 7.56. The zero-order valence-corrected chi connectivity index (χ0v) is 8.33. The van der Waals surface area contributed by atoms with Gasteiger partial charge in [0, 0.05) is 0 Å². The molecule has 3 heteroatoms. The first-order chi connectivity index (χ1) is 3.93. The Bertz CT molecular complexity index is 174. The van der Waals surface area contributed by atoms with Gasteiger partial charge in [-0.2, -0.15) is 5.10 Å². The molecule has 0 amide bonds. The Hall–Kier alpha value is 0.456. The van der Waals surface area contributed by atoms with Gasteiger partial charge in [-0.3, -0.25) is 6.07 Å². The molecular formula is C6H4KN2-. The summed E-state index contributed by atoms with van der Waals surface area (Å²) in [6.07, 6.45) is 4.44. The Morgan fingerprint density at radius 2 is 2.33 bits per heavy atom. The number of nitrogens with zero attached hydrogens (tertiary/aromatic N) is 2. The van der Waals surface area contributed by atoms with Gasteiger partial charge in [0.2, 0.25) is 0 Å². The fourth-order valence-electron chi connectivity index (χ4n) is 0.361. The molecule has 1 aromatic rings. The maximum absolute atomic E-state index is 5.13. The predicted molar refractivity (Wildman–Crippen MR) is 29.6 cm³/mol. The molecule has 0 radical (unpaired) electrons. The molecule has 1 rings (SSSR count). The molecule has 0 saturated carbocycles. The Kier molecular flexibility index (Phi) is 5.52. The quantitative estimate of drug-likeness (QED) is 0.327. The molecule has 0 atom stereocenters. The summed E-state index contributed by atoms with van der Waals surface area (Å²) < 4.78 is 0. The van der Waals surface area contributed by atoms with Gasteiger partial charge in [0.15, 0.2) is 0 Å². The third-order valence-corrected chi connectivity index (χ3v) is 0.732. The van der Waals surface area contributed by atoms with Crippen LogP contribution in [0.3, 0.4) is 0 Å². The molecule has 0 unspecified atom stereocenters. The number of hydrogen-bond donors (Lipinski definition) is 0. The summed E-state index contributed by atoms with van der Waals surface area (Å²) in [4.78, 5) is 0. The van der Waals surface area contributed by atoms with E-state index in [-0.39, 0.29) is 51.4 Å². The van der Waals surface area contributed by atoms with E-state index in [1.54, 1.807) is 6.20 Å². The molecule has 0 fully saturated rings. The summed E-state index contributed by atoms with van der Waals surface area (Å²) in [5, 5.41) is 7.08. The number of hydrogen-bond acceptors (Lipinski definition) is 2. The van der Waals surface area contributed by atoms with E-state index in [1.807, 2.05) is 0 Å². The first-order valence-electron chi connectivity index (χ1n) is 2.17. The molecule has 40 valence electrons. The molecule has 0 aliphatic rings. The summed E-state index contributed by atoms with van der Waals surface area (Å²) >= 11 is 0. The monoisotopic (exact) mass is 143 g/mol. The maximum atomic E-state index is 5.13. The summed E-state index contributed by atoms with van der Waals surface area (Å²) in [5.74, 6) is 0. The minimum atomic E-state index is 0. The second-order valence-corrected chi connectivity index (χ2v) is 1.26. The van der Waals surface area contributed by atoms with Gasteiger partial charge in [0.05, 0.1) is 0 Å². The third kappa shape index (κ3) is 3.22. The third-order valence-electron chi connectivity index (χ3n) is 0.732. The van der Waals surface area contributed by atoms with Gasteiger partial charge in [0.1, 0.15) is 0 Å². The molecule has 0 spiro atoms. The van der Waals surface area contributed by atoms with E-state index in [0.717, 1.165) is 5.56 Å². The van der Waals surface area contributed by atoms with Gasteiger partial charge in [-0.15, -0.1) is 6.20 Å². The van der Waals surface area contributed by atoms with E-state index in [1.165, 1.54) is 12.3 Å². The van der Waals surface area contributed by atoms with Crippen molar-refractivity contribution >= 4 is 6.08 Å². The van der Waals surface area contributed by atoms with Crippen LogP contribution >= 0.6 is 0 Å². The SMILES string of the molecule is [CH-]=Cc1[c-]cnnc1.[K+]. The zero-order valence-electron chi connectivity index (χ0n) is 5.20. The summed E-state index contributed by atoms with van der Waals surface area (Å²) in [6, 6.07) is 2.76. The predicted octanol–water partition coefficient (Wildman–Crippen LogP) is -2.27. The minimum absolute atomic E-state index is 0. The Labute approximate surface area is 96.8 Å². The molecular weight excluding hydrogens is 139 g/mol. The molecule has 0 aliphatic carbocycles. The van der Waals surface area contributed by atoms with Crippen molar-refractivity contribution in [3.05, 3.63) is 30.6 Å². The van der Waals surface area contributed by atoms with Gasteiger partial charge in [-0.25, -0.2) is 5.10 Å². The van der Waals surface area contributed by atoms with Crippen molar-refractivity contribution in [2.24, 2.45) is 0 Å². The van der Waals surface area contributed by atoms with Crippen molar-refractivity contribution in [2.45, 2.75) is 0 Å². The van der Waals surface area contributed by atoms with Crippen LogP contribution in [0.2, 0.25) is 0 Å².